The quantitative estimate of drug-likeness (QED) is 0.543. The summed E-state index contributed by atoms with van der Waals surface area (Å²) in [7, 11) is 0. The van der Waals surface area contributed by atoms with Gasteiger partial charge in [-0.3, -0.25) is 14.7 Å². The molecule has 0 aliphatic carbocycles. The van der Waals surface area contributed by atoms with E-state index in [1.54, 1.807) is 6.20 Å². The molecule has 2 heterocycles. The average molecular weight is 444 g/mol. The van der Waals surface area contributed by atoms with Crippen molar-refractivity contribution in [1.82, 2.24) is 15.2 Å². The van der Waals surface area contributed by atoms with Crippen molar-refractivity contribution in [3.05, 3.63) is 89.2 Å². The Bertz CT molecular complexity index is 1130. The first-order valence-corrected chi connectivity index (χ1v) is 11.1. The molecule has 1 amide bonds. The topological polar surface area (TPSA) is 45.2 Å². The van der Waals surface area contributed by atoms with E-state index in [1.807, 2.05) is 42.6 Å². The van der Waals surface area contributed by atoms with E-state index in [9.17, 15) is 4.79 Å². The number of pyridine rings is 1. The highest BCUT2D eigenvalue weighted by Gasteiger charge is 2.44. The molecule has 1 saturated heterocycles. The minimum absolute atomic E-state index is 0.0185. The summed E-state index contributed by atoms with van der Waals surface area (Å²) in [6, 6.07) is 20.1. The lowest BCUT2D eigenvalue weighted by Crippen LogP contribution is -2.44. The smallest absolute Gasteiger partial charge is 0.228 e. The Hall–Kier alpha value is -3.13. The molecule has 5 heteroatoms. The summed E-state index contributed by atoms with van der Waals surface area (Å²) in [6.45, 7) is 2.50. The van der Waals surface area contributed by atoms with Crippen molar-refractivity contribution in [2.24, 2.45) is 5.41 Å². The van der Waals surface area contributed by atoms with Crippen molar-refractivity contribution in [1.29, 1.82) is 0 Å². The fourth-order valence-corrected chi connectivity index (χ4v) is 4.77. The number of halogens is 1. The Morgan fingerprint density at radius 3 is 2.84 bits per heavy atom. The number of carbonyl (C=O) groups is 1. The molecule has 1 aliphatic rings. The summed E-state index contributed by atoms with van der Waals surface area (Å²) in [4.78, 5) is 20.0. The number of benzene rings is 2. The van der Waals surface area contributed by atoms with Crippen molar-refractivity contribution in [2.75, 3.05) is 19.6 Å². The Balaban J connectivity index is 1.61. The van der Waals surface area contributed by atoms with Crippen molar-refractivity contribution in [2.45, 2.75) is 19.4 Å². The van der Waals surface area contributed by atoms with Crippen LogP contribution in [0.2, 0.25) is 5.02 Å². The molecule has 3 aromatic rings. The minimum Gasteiger partial charge on any atom is -0.345 e. The fraction of sp³-hybridized carbons (Fsp3) is 0.259. The second-order valence-corrected chi connectivity index (χ2v) is 8.77. The first kappa shape index (κ1) is 22.1. The van der Waals surface area contributed by atoms with Crippen LogP contribution in [0.1, 0.15) is 17.5 Å². The number of terminal acetylenes is 1. The molecule has 1 atom stereocenters. The van der Waals surface area contributed by atoms with Crippen LogP contribution in [0.4, 0.5) is 0 Å². The van der Waals surface area contributed by atoms with Gasteiger partial charge < -0.3 is 5.32 Å². The zero-order chi connectivity index (χ0) is 22.4. The molecule has 4 nitrogen and oxygen atoms in total. The molecule has 1 aliphatic heterocycles. The molecule has 2 aromatic carbocycles. The lowest BCUT2D eigenvalue weighted by Gasteiger charge is -2.29. The summed E-state index contributed by atoms with van der Waals surface area (Å²) in [5.41, 5.74) is 3.90. The maximum absolute atomic E-state index is 13.4. The Morgan fingerprint density at radius 1 is 1.19 bits per heavy atom. The minimum atomic E-state index is -0.548. The Labute approximate surface area is 194 Å². The first-order valence-electron chi connectivity index (χ1n) is 10.8. The van der Waals surface area contributed by atoms with Gasteiger partial charge in [-0.15, -0.1) is 6.42 Å². The molecule has 0 radical (unpaired) electrons. The summed E-state index contributed by atoms with van der Waals surface area (Å²) >= 11 is 6.17. The maximum atomic E-state index is 13.4. The summed E-state index contributed by atoms with van der Waals surface area (Å²) < 4.78 is 0. The molecule has 0 bridgehead atoms. The van der Waals surface area contributed by atoms with E-state index in [1.165, 1.54) is 0 Å². The monoisotopic (exact) mass is 443 g/mol. The summed E-state index contributed by atoms with van der Waals surface area (Å²) in [5.74, 6) is 2.55. The first-order chi connectivity index (χ1) is 15.6. The number of rotatable bonds is 7. The molecule has 1 N–H and O–H groups in total. The third-order valence-electron chi connectivity index (χ3n) is 6.08. The average Bonchev–Trinajstić information content (AvgIpc) is 3.22. The predicted molar refractivity (Wildman–Crippen MR) is 129 cm³/mol. The molecule has 0 unspecified atom stereocenters. The van der Waals surface area contributed by atoms with Crippen LogP contribution >= 0.6 is 11.6 Å². The van der Waals surface area contributed by atoms with Crippen molar-refractivity contribution < 1.29 is 4.79 Å². The molecular weight excluding hydrogens is 418 g/mol. The van der Waals surface area contributed by atoms with Crippen molar-refractivity contribution >= 4 is 17.5 Å². The van der Waals surface area contributed by atoms with Gasteiger partial charge in [-0.25, -0.2) is 0 Å². The lowest BCUT2D eigenvalue weighted by atomic mass is 9.78. The van der Waals surface area contributed by atoms with Crippen LogP contribution in [-0.4, -0.2) is 35.4 Å². The van der Waals surface area contributed by atoms with Gasteiger partial charge in [0.15, 0.2) is 0 Å². The van der Waals surface area contributed by atoms with Gasteiger partial charge in [0.25, 0.3) is 0 Å². The number of amides is 1. The number of aromatic nitrogens is 1. The second-order valence-electron chi connectivity index (χ2n) is 8.33. The zero-order valence-electron chi connectivity index (χ0n) is 17.9. The molecule has 0 spiro atoms. The summed E-state index contributed by atoms with van der Waals surface area (Å²) in [5, 5.41) is 3.68. The normalized spacial score (nSPS) is 18.2. The van der Waals surface area contributed by atoms with Gasteiger partial charge in [0.05, 0.1) is 12.0 Å². The van der Waals surface area contributed by atoms with Crippen LogP contribution in [0.3, 0.4) is 0 Å². The van der Waals surface area contributed by atoms with Crippen LogP contribution in [0, 0.1) is 17.8 Å². The van der Waals surface area contributed by atoms with E-state index in [-0.39, 0.29) is 12.5 Å². The molecule has 1 fully saturated rings. The van der Waals surface area contributed by atoms with E-state index < -0.39 is 5.41 Å². The maximum Gasteiger partial charge on any atom is 0.228 e. The van der Waals surface area contributed by atoms with Gasteiger partial charge in [-0.2, -0.15) is 0 Å². The Morgan fingerprint density at radius 2 is 2.06 bits per heavy atom. The molecular formula is C27H26ClN3O. The lowest BCUT2D eigenvalue weighted by molar-refractivity contribution is -0.130. The molecule has 162 valence electrons. The number of hydrogen-bond acceptors (Lipinski definition) is 3. The van der Waals surface area contributed by atoms with E-state index in [0.29, 0.717) is 13.0 Å². The molecule has 0 saturated carbocycles. The third kappa shape index (κ3) is 5.02. The molecule has 1 aromatic heterocycles. The van der Waals surface area contributed by atoms with Gasteiger partial charge in [0.1, 0.15) is 0 Å². The standard InChI is InChI=1S/C27H26ClN3O/c1-2-13-30-26(32)27(12-15-31(20-27)19-21-7-5-10-24(28)16-21)17-22-8-3-4-11-25(22)23-9-6-14-29-18-23/h1,3-11,14,16,18H,12-13,15,17,19-20H2,(H,30,32)/t27-/m0/s1. The van der Waals surface area contributed by atoms with Gasteiger partial charge in [0, 0.05) is 36.1 Å². The van der Waals surface area contributed by atoms with Crippen LogP contribution in [0.15, 0.2) is 73.1 Å². The third-order valence-corrected chi connectivity index (χ3v) is 6.31. The number of nitrogens with one attached hydrogen (secondary N) is 1. The number of carbonyl (C=O) groups excluding carboxylic acids is 1. The van der Waals surface area contributed by atoms with E-state index in [4.69, 9.17) is 18.0 Å². The van der Waals surface area contributed by atoms with E-state index in [0.717, 1.165) is 46.8 Å². The second kappa shape index (κ2) is 9.99. The van der Waals surface area contributed by atoms with Crippen LogP contribution in [0.25, 0.3) is 11.1 Å². The largest absolute Gasteiger partial charge is 0.345 e. The number of hydrogen-bond donors (Lipinski definition) is 1. The van der Waals surface area contributed by atoms with Crippen molar-refractivity contribution in [3.8, 4) is 23.5 Å². The number of likely N-dealkylation sites (tertiary alicyclic amines) is 1. The number of nitrogens with zero attached hydrogens (tertiary/aromatic N) is 2. The van der Waals surface area contributed by atoms with Gasteiger partial charge >= 0.3 is 0 Å². The highest BCUT2D eigenvalue weighted by molar-refractivity contribution is 6.30. The fourth-order valence-electron chi connectivity index (χ4n) is 4.56. The van der Waals surface area contributed by atoms with E-state index in [2.05, 4.69) is 45.4 Å². The highest BCUT2D eigenvalue weighted by Crippen LogP contribution is 2.38. The Kier molecular flexibility index (Phi) is 6.90. The van der Waals surface area contributed by atoms with Crippen LogP contribution in [0.5, 0.6) is 0 Å². The SMILES string of the molecule is C#CCNC(=O)[C@]1(Cc2ccccc2-c2cccnc2)CCN(Cc2cccc(Cl)c2)C1. The van der Waals surface area contributed by atoms with Crippen LogP contribution < -0.4 is 5.32 Å². The van der Waals surface area contributed by atoms with Gasteiger partial charge in [-0.05, 0) is 54.3 Å². The summed E-state index contributed by atoms with van der Waals surface area (Å²) in [6.07, 6.45) is 10.5. The molecule has 4 rings (SSSR count). The van der Waals surface area contributed by atoms with Gasteiger partial charge in [-0.1, -0.05) is 60.0 Å². The van der Waals surface area contributed by atoms with Crippen LogP contribution in [-0.2, 0) is 17.8 Å². The zero-order valence-corrected chi connectivity index (χ0v) is 18.7. The molecule has 32 heavy (non-hydrogen) atoms. The van der Waals surface area contributed by atoms with Crippen molar-refractivity contribution in [3.63, 3.8) is 0 Å². The predicted octanol–water partition coefficient (Wildman–Crippen LogP) is 4.59. The van der Waals surface area contributed by atoms with Gasteiger partial charge in [0.2, 0.25) is 5.91 Å². The van der Waals surface area contributed by atoms with E-state index >= 15 is 0 Å². The highest BCUT2D eigenvalue weighted by atomic mass is 35.5.